The second kappa shape index (κ2) is 7.31. The summed E-state index contributed by atoms with van der Waals surface area (Å²) in [5, 5.41) is 30.1. The first-order chi connectivity index (χ1) is 10.9. The molecule has 6 heteroatoms. The third kappa shape index (κ3) is 5.03. The highest BCUT2D eigenvalue weighted by molar-refractivity contribution is 5.85. The van der Waals surface area contributed by atoms with E-state index in [9.17, 15) is 24.9 Å². The summed E-state index contributed by atoms with van der Waals surface area (Å²) in [7, 11) is 0. The molecule has 0 bridgehead atoms. The van der Waals surface area contributed by atoms with Crippen molar-refractivity contribution in [1.82, 2.24) is 5.32 Å². The minimum atomic E-state index is -1.13. The molecule has 1 atom stereocenters. The van der Waals surface area contributed by atoms with Crippen LogP contribution in [0.25, 0.3) is 0 Å². The van der Waals surface area contributed by atoms with E-state index in [4.69, 9.17) is 0 Å². The smallest absolute Gasteiger partial charge is 0.326 e. The first-order valence-electron chi connectivity index (χ1n) is 7.02. The van der Waals surface area contributed by atoms with E-state index < -0.39 is 17.9 Å². The van der Waals surface area contributed by atoms with Crippen molar-refractivity contribution in [3.8, 4) is 11.5 Å². The minimum Gasteiger partial charge on any atom is -0.508 e. The molecule has 2 aromatic rings. The lowest BCUT2D eigenvalue weighted by Gasteiger charge is -2.15. The lowest BCUT2D eigenvalue weighted by Crippen LogP contribution is -2.43. The quantitative estimate of drug-likeness (QED) is 0.645. The number of rotatable bonds is 6. The van der Waals surface area contributed by atoms with Crippen LogP contribution in [-0.2, 0) is 22.4 Å². The molecule has 0 radical (unpaired) electrons. The Morgan fingerprint density at radius 1 is 0.870 bits per heavy atom. The number of carbonyl (C=O) groups is 2. The third-order valence-electron chi connectivity index (χ3n) is 3.31. The molecule has 0 saturated carbocycles. The highest BCUT2D eigenvalue weighted by Crippen LogP contribution is 2.12. The highest BCUT2D eigenvalue weighted by Gasteiger charge is 2.20. The molecule has 1 amide bonds. The van der Waals surface area contributed by atoms with E-state index in [0.717, 1.165) is 0 Å². The van der Waals surface area contributed by atoms with E-state index in [1.165, 1.54) is 24.3 Å². The number of carbonyl (C=O) groups excluding carboxylic acids is 1. The summed E-state index contributed by atoms with van der Waals surface area (Å²) in [4.78, 5) is 23.3. The van der Waals surface area contributed by atoms with Crippen molar-refractivity contribution < 1.29 is 24.9 Å². The topological polar surface area (TPSA) is 107 Å². The summed E-state index contributed by atoms with van der Waals surface area (Å²) < 4.78 is 0. The van der Waals surface area contributed by atoms with Gasteiger partial charge >= 0.3 is 5.97 Å². The second-order valence-electron chi connectivity index (χ2n) is 5.17. The zero-order valence-corrected chi connectivity index (χ0v) is 12.3. The summed E-state index contributed by atoms with van der Waals surface area (Å²) >= 11 is 0. The lowest BCUT2D eigenvalue weighted by molar-refractivity contribution is -0.141. The normalized spacial score (nSPS) is 11.7. The second-order valence-corrected chi connectivity index (χ2v) is 5.17. The number of carboxylic acid groups (broad SMARTS) is 1. The summed E-state index contributed by atoms with van der Waals surface area (Å²) in [6.45, 7) is 0. The summed E-state index contributed by atoms with van der Waals surface area (Å²) in [5.41, 5.74) is 1.37. The molecule has 2 aromatic carbocycles. The maximum absolute atomic E-state index is 12.0. The van der Waals surface area contributed by atoms with Crippen molar-refractivity contribution in [2.45, 2.75) is 18.9 Å². The molecule has 0 aliphatic rings. The Kier molecular flexibility index (Phi) is 5.19. The van der Waals surface area contributed by atoms with Crippen LogP contribution in [0.4, 0.5) is 0 Å². The molecule has 1 unspecified atom stereocenters. The first kappa shape index (κ1) is 16.4. The SMILES string of the molecule is O=C(Cc1ccc(O)cc1)NC(Cc1ccc(O)cc1)C(=O)O. The average molecular weight is 315 g/mol. The fourth-order valence-electron chi connectivity index (χ4n) is 2.11. The van der Waals surface area contributed by atoms with Crippen LogP contribution in [0.15, 0.2) is 48.5 Å². The maximum Gasteiger partial charge on any atom is 0.326 e. The Morgan fingerprint density at radius 3 is 1.83 bits per heavy atom. The largest absolute Gasteiger partial charge is 0.508 e. The van der Waals surface area contributed by atoms with Crippen LogP contribution in [0.3, 0.4) is 0 Å². The summed E-state index contributed by atoms with van der Waals surface area (Å²) in [6.07, 6.45) is 0.149. The van der Waals surface area contributed by atoms with Crippen molar-refractivity contribution in [3.05, 3.63) is 59.7 Å². The van der Waals surface area contributed by atoms with Crippen LogP contribution in [0.2, 0.25) is 0 Å². The molecular formula is C17H17NO5. The Hall–Kier alpha value is -3.02. The number of amides is 1. The van der Waals surface area contributed by atoms with Crippen LogP contribution < -0.4 is 5.32 Å². The molecule has 4 N–H and O–H groups in total. The number of phenols is 2. The van der Waals surface area contributed by atoms with Crippen molar-refractivity contribution >= 4 is 11.9 Å². The van der Waals surface area contributed by atoms with Gasteiger partial charge in [-0.3, -0.25) is 4.79 Å². The average Bonchev–Trinajstić information content (AvgIpc) is 2.51. The number of nitrogens with one attached hydrogen (secondary N) is 1. The molecular weight excluding hydrogens is 298 g/mol. The Balaban J connectivity index is 1.98. The van der Waals surface area contributed by atoms with E-state index in [2.05, 4.69) is 5.32 Å². The maximum atomic E-state index is 12.0. The minimum absolute atomic E-state index is 0.0274. The van der Waals surface area contributed by atoms with Gasteiger partial charge in [0, 0.05) is 6.42 Å². The van der Waals surface area contributed by atoms with Crippen molar-refractivity contribution in [2.24, 2.45) is 0 Å². The third-order valence-corrected chi connectivity index (χ3v) is 3.31. The van der Waals surface area contributed by atoms with Crippen LogP contribution in [-0.4, -0.2) is 33.2 Å². The van der Waals surface area contributed by atoms with Gasteiger partial charge < -0.3 is 20.6 Å². The highest BCUT2D eigenvalue weighted by atomic mass is 16.4. The Labute approximate surface area is 133 Å². The number of carboxylic acids is 1. The Morgan fingerprint density at radius 2 is 1.35 bits per heavy atom. The van der Waals surface area contributed by atoms with Crippen LogP contribution in [0.5, 0.6) is 11.5 Å². The number of hydrogen-bond donors (Lipinski definition) is 4. The fourth-order valence-corrected chi connectivity index (χ4v) is 2.11. The molecule has 0 heterocycles. The number of aromatic hydroxyl groups is 2. The fraction of sp³-hybridized carbons (Fsp3) is 0.176. The molecule has 2 rings (SSSR count). The van der Waals surface area contributed by atoms with Crippen molar-refractivity contribution in [2.75, 3.05) is 0 Å². The van der Waals surface area contributed by atoms with Gasteiger partial charge in [0.05, 0.1) is 6.42 Å². The predicted molar refractivity (Wildman–Crippen MR) is 83.2 cm³/mol. The van der Waals surface area contributed by atoms with E-state index in [1.807, 2.05) is 0 Å². The van der Waals surface area contributed by atoms with E-state index in [-0.39, 0.29) is 24.3 Å². The number of phenolic OH excluding ortho intramolecular Hbond substituents is 2. The van der Waals surface area contributed by atoms with Gasteiger partial charge in [0.15, 0.2) is 0 Å². The van der Waals surface area contributed by atoms with Gasteiger partial charge in [0.1, 0.15) is 17.5 Å². The van der Waals surface area contributed by atoms with Gasteiger partial charge in [-0.15, -0.1) is 0 Å². The molecule has 0 aliphatic heterocycles. The molecule has 0 fully saturated rings. The van der Waals surface area contributed by atoms with Gasteiger partial charge in [-0.1, -0.05) is 24.3 Å². The van der Waals surface area contributed by atoms with Gasteiger partial charge in [0.25, 0.3) is 0 Å². The monoisotopic (exact) mass is 315 g/mol. The van der Waals surface area contributed by atoms with Gasteiger partial charge in [-0.25, -0.2) is 4.79 Å². The number of aliphatic carboxylic acids is 1. The van der Waals surface area contributed by atoms with Gasteiger partial charge in [-0.2, -0.15) is 0 Å². The summed E-state index contributed by atoms with van der Waals surface area (Å²) in [5.74, 6) is -1.35. The lowest BCUT2D eigenvalue weighted by atomic mass is 10.1. The molecule has 0 aromatic heterocycles. The Bertz CT molecular complexity index is 679. The summed E-state index contributed by atoms with van der Waals surface area (Å²) in [6, 6.07) is 11.2. The van der Waals surface area contributed by atoms with Gasteiger partial charge in [-0.05, 0) is 35.4 Å². The molecule has 23 heavy (non-hydrogen) atoms. The van der Waals surface area contributed by atoms with E-state index >= 15 is 0 Å². The zero-order chi connectivity index (χ0) is 16.8. The van der Waals surface area contributed by atoms with E-state index in [0.29, 0.717) is 11.1 Å². The number of benzene rings is 2. The number of hydrogen-bond acceptors (Lipinski definition) is 4. The predicted octanol–water partition coefficient (Wildman–Crippen LogP) is 1.45. The molecule has 120 valence electrons. The molecule has 0 saturated heterocycles. The molecule has 6 nitrogen and oxygen atoms in total. The van der Waals surface area contributed by atoms with Crippen LogP contribution in [0.1, 0.15) is 11.1 Å². The van der Waals surface area contributed by atoms with Crippen molar-refractivity contribution in [3.63, 3.8) is 0 Å². The molecule has 0 spiro atoms. The molecule has 0 aliphatic carbocycles. The zero-order valence-electron chi connectivity index (χ0n) is 12.3. The standard InChI is InChI=1S/C17H17NO5/c19-13-5-1-11(2-6-13)9-15(17(22)23)18-16(21)10-12-3-7-14(20)8-4-12/h1-8,15,19-20H,9-10H2,(H,18,21)(H,22,23). The van der Waals surface area contributed by atoms with Crippen LogP contribution in [0, 0.1) is 0 Å². The first-order valence-corrected chi connectivity index (χ1v) is 7.02. The van der Waals surface area contributed by atoms with E-state index in [1.54, 1.807) is 24.3 Å². The van der Waals surface area contributed by atoms with Gasteiger partial charge in [0.2, 0.25) is 5.91 Å². The van der Waals surface area contributed by atoms with Crippen LogP contribution >= 0.6 is 0 Å². The van der Waals surface area contributed by atoms with Crippen molar-refractivity contribution in [1.29, 1.82) is 0 Å².